The van der Waals surface area contributed by atoms with E-state index in [0.29, 0.717) is 17.3 Å². The van der Waals surface area contributed by atoms with Crippen molar-refractivity contribution < 1.29 is 4.79 Å². The molecule has 1 atom stereocenters. The highest BCUT2D eigenvalue weighted by molar-refractivity contribution is 6.00. The van der Waals surface area contributed by atoms with Gasteiger partial charge in [0.2, 0.25) is 0 Å². The van der Waals surface area contributed by atoms with Crippen LogP contribution in [-0.2, 0) is 0 Å². The summed E-state index contributed by atoms with van der Waals surface area (Å²) < 4.78 is 0. The van der Waals surface area contributed by atoms with Crippen LogP contribution in [0.15, 0.2) is 18.2 Å². The lowest BCUT2D eigenvalue weighted by Gasteiger charge is -2.18. The van der Waals surface area contributed by atoms with E-state index in [0.717, 1.165) is 18.0 Å². The predicted octanol–water partition coefficient (Wildman–Crippen LogP) is 3.26. The minimum atomic E-state index is -0.0955. The van der Waals surface area contributed by atoms with Crippen LogP contribution < -0.4 is 16.4 Å². The number of hydrogen-bond acceptors (Lipinski definition) is 3. The third-order valence-electron chi connectivity index (χ3n) is 3.34. The standard InChI is InChI=1S/C16H27N3O/c1-11(2)6-5-7-12(3)19-15-10-13(17)8-9-14(15)16(20)18-4/h8-12,19H,5-7,17H2,1-4H3,(H,18,20). The van der Waals surface area contributed by atoms with Crippen LogP contribution in [-0.4, -0.2) is 19.0 Å². The van der Waals surface area contributed by atoms with Gasteiger partial charge in [0.05, 0.1) is 5.56 Å². The van der Waals surface area contributed by atoms with Crippen molar-refractivity contribution in [2.45, 2.75) is 46.1 Å². The van der Waals surface area contributed by atoms with Gasteiger partial charge in [-0.15, -0.1) is 0 Å². The van der Waals surface area contributed by atoms with Gasteiger partial charge in [-0.05, 0) is 37.5 Å². The maximum atomic E-state index is 11.8. The lowest BCUT2D eigenvalue weighted by atomic mass is 10.0. The number of nitrogens with two attached hydrogens (primary N) is 1. The Labute approximate surface area is 122 Å². The fraction of sp³-hybridized carbons (Fsp3) is 0.562. The number of carbonyl (C=O) groups excluding carboxylic acids is 1. The summed E-state index contributed by atoms with van der Waals surface area (Å²) in [6.45, 7) is 6.61. The van der Waals surface area contributed by atoms with Gasteiger partial charge in [0.25, 0.3) is 5.91 Å². The lowest BCUT2D eigenvalue weighted by Crippen LogP contribution is -2.22. The summed E-state index contributed by atoms with van der Waals surface area (Å²) >= 11 is 0. The van der Waals surface area contributed by atoms with Crippen LogP contribution in [0.4, 0.5) is 11.4 Å². The Morgan fingerprint density at radius 1 is 1.25 bits per heavy atom. The highest BCUT2D eigenvalue weighted by Crippen LogP contribution is 2.21. The molecule has 0 spiro atoms. The normalized spacial score (nSPS) is 12.2. The molecular weight excluding hydrogens is 250 g/mol. The molecule has 4 nitrogen and oxygen atoms in total. The number of nitrogens with one attached hydrogen (secondary N) is 2. The second kappa shape index (κ2) is 7.78. The van der Waals surface area contributed by atoms with Gasteiger partial charge >= 0.3 is 0 Å². The Morgan fingerprint density at radius 2 is 1.95 bits per heavy atom. The van der Waals surface area contributed by atoms with Crippen LogP contribution in [0.25, 0.3) is 0 Å². The van der Waals surface area contributed by atoms with E-state index in [1.807, 2.05) is 6.07 Å². The van der Waals surface area contributed by atoms with E-state index < -0.39 is 0 Å². The van der Waals surface area contributed by atoms with Crippen LogP contribution in [0, 0.1) is 5.92 Å². The Balaban J connectivity index is 2.70. The molecule has 20 heavy (non-hydrogen) atoms. The first-order valence-electron chi connectivity index (χ1n) is 7.32. The molecule has 1 unspecified atom stereocenters. The summed E-state index contributed by atoms with van der Waals surface area (Å²) in [7, 11) is 1.63. The van der Waals surface area contributed by atoms with Crippen molar-refractivity contribution in [2.24, 2.45) is 5.92 Å². The van der Waals surface area contributed by atoms with Crippen molar-refractivity contribution in [1.82, 2.24) is 5.32 Å². The Bertz CT molecular complexity index is 443. The number of nitrogen functional groups attached to an aromatic ring is 1. The van der Waals surface area contributed by atoms with Gasteiger partial charge in [-0.3, -0.25) is 4.79 Å². The molecule has 1 rings (SSSR count). The summed E-state index contributed by atoms with van der Waals surface area (Å²) in [6, 6.07) is 5.65. The van der Waals surface area contributed by atoms with E-state index in [9.17, 15) is 4.79 Å². The molecule has 0 heterocycles. The van der Waals surface area contributed by atoms with E-state index >= 15 is 0 Å². The topological polar surface area (TPSA) is 67.2 Å². The minimum Gasteiger partial charge on any atom is -0.399 e. The maximum absolute atomic E-state index is 11.8. The van der Waals surface area contributed by atoms with E-state index in [1.165, 1.54) is 12.8 Å². The number of carbonyl (C=O) groups is 1. The zero-order valence-electron chi connectivity index (χ0n) is 13.0. The monoisotopic (exact) mass is 277 g/mol. The van der Waals surface area contributed by atoms with Crippen molar-refractivity contribution in [3.63, 3.8) is 0 Å². The molecule has 0 fully saturated rings. The van der Waals surface area contributed by atoms with E-state index in [1.54, 1.807) is 19.2 Å². The molecule has 1 aromatic rings. The molecule has 4 N–H and O–H groups in total. The van der Waals surface area contributed by atoms with E-state index in [-0.39, 0.29) is 5.91 Å². The average molecular weight is 277 g/mol. The zero-order valence-corrected chi connectivity index (χ0v) is 13.0. The molecule has 0 aromatic heterocycles. The third-order valence-corrected chi connectivity index (χ3v) is 3.34. The van der Waals surface area contributed by atoms with Gasteiger partial charge in [0, 0.05) is 24.5 Å². The highest BCUT2D eigenvalue weighted by atomic mass is 16.1. The molecule has 0 saturated carbocycles. The fourth-order valence-corrected chi connectivity index (χ4v) is 2.18. The SMILES string of the molecule is CNC(=O)c1ccc(N)cc1NC(C)CCCC(C)C. The Hall–Kier alpha value is -1.71. The number of hydrogen-bond donors (Lipinski definition) is 3. The van der Waals surface area contributed by atoms with Gasteiger partial charge < -0.3 is 16.4 Å². The number of amides is 1. The summed E-state index contributed by atoms with van der Waals surface area (Å²) in [6.07, 6.45) is 3.49. The summed E-state index contributed by atoms with van der Waals surface area (Å²) in [5.41, 5.74) is 7.92. The smallest absolute Gasteiger partial charge is 0.253 e. The van der Waals surface area contributed by atoms with Crippen LogP contribution in [0.5, 0.6) is 0 Å². The number of anilines is 2. The van der Waals surface area contributed by atoms with Crippen molar-refractivity contribution in [1.29, 1.82) is 0 Å². The van der Waals surface area contributed by atoms with Crippen LogP contribution >= 0.6 is 0 Å². The van der Waals surface area contributed by atoms with Gasteiger partial charge in [0.15, 0.2) is 0 Å². The quantitative estimate of drug-likeness (QED) is 0.670. The maximum Gasteiger partial charge on any atom is 0.253 e. The first-order chi connectivity index (χ1) is 9.43. The number of rotatable bonds is 7. The van der Waals surface area contributed by atoms with E-state index in [2.05, 4.69) is 31.4 Å². The predicted molar refractivity (Wildman–Crippen MR) is 86.0 cm³/mol. The van der Waals surface area contributed by atoms with Crippen LogP contribution in [0.1, 0.15) is 50.4 Å². The Kier molecular flexibility index (Phi) is 6.36. The molecule has 112 valence electrons. The molecule has 1 amide bonds. The van der Waals surface area contributed by atoms with Crippen molar-refractivity contribution in [3.8, 4) is 0 Å². The van der Waals surface area contributed by atoms with Gasteiger partial charge in [-0.1, -0.05) is 26.7 Å². The van der Waals surface area contributed by atoms with Gasteiger partial charge in [-0.2, -0.15) is 0 Å². The summed E-state index contributed by atoms with van der Waals surface area (Å²) in [5.74, 6) is 0.637. The lowest BCUT2D eigenvalue weighted by molar-refractivity contribution is 0.0964. The van der Waals surface area contributed by atoms with Crippen LogP contribution in [0.2, 0.25) is 0 Å². The number of benzene rings is 1. The highest BCUT2D eigenvalue weighted by Gasteiger charge is 2.12. The third kappa shape index (κ3) is 5.11. The first kappa shape index (κ1) is 16.3. The Morgan fingerprint density at radius 3 is 2.55 bits per heavy atom. The molecule has 0 aliphatic rings. The zero-order chi connectivity index (χ0) is 15.1. The molecule has 0 aliphatic carbocycles. The molecule has 0 bridgehead atoms. The summed E-state index contributed by atoms with van der Waals surface area (Å²) in [4.78, 5) is 11.8. The van der Waals surface area contributed by atoms with Crippen LogP contribution in [0.3, 0.4) is 0 Å². The van der Waals surface area contributed by atoms with E-state index in [4.69, 9.17) is 5.73 Å². The summed E-state index contributed by atoms with van der Waals surface area (Å²) in [5, 5.41) is 6.05. The first-order valence-corrected chi connectivity index (χ1v) is 7.32. The molecule has 4 heteroatoms. The molecular formula is C16H27N3O. The van der Waals surface area contributed by atoms with Crippen molar-refractivity contribution in [2.75, 3.05) is 18.1 Å². The van der Waals surface area contributed by atoms with Gasteiger partial charge in [-0.25, -0.2) is 0 Å². The average Bonchev–Trinajstić information content (AvgIpc) is 2.37. The second-order valence-electron chi connectivity index (χ2n) is 5.75. The fourth-order valence-electron chi connectivity index (χ4n) is 2.18. The molecule has 0 saturated heterocycles. The van der Waals surface area contributed by atoms with Crippen molar-refractivity contribution in [3.05, 3.63) is 23.8 Å². The molecule has 0 aliphatic heterocycles. The van der Waals surface area contributed by atoms with Gasteiger partial charge in [0.1, 0.15) is 0 Å². The van der Waals surface area contributed by atoms with Crippen molar-refractivity contribution >= 4 is 17.3 Å². The minimum absolute atomic E-state index is 0.0955. The molecule has 1 aromatic carbocycles. The molecule has 0 radical (unpaired) electrons. The largest absolute Gasteiger partial charge is 0.399 e. The second-order valence-corrected chi connectivity index (χ2v) is 5.75.